The summed E-state index contributed by atoms with van der Waals surface area (Å²) in [7, 11) is 0. The lowest BCUT2D eigenvalue weighted by Crippen LogP contribution is -2.55. The minimum atomic E-state index is 0.471. The first kappa shape index (κ1) is 22.1. The van der Waals surface area contributed by atoms with Gasteiger partial charge in [0.1, 0.15) is 0 Å². The number of piperazine rings is 1. The number of aryl methyl sites for hydroxylation is 1. The van der Waals surface area contributed by atoms with E-state index in [-0.39, 0.29) is 0 Å². The zero-order valence-corrected chi connectivity index (χ0v) is 20.1. The molecule has 2 atom stereocenters. The lowest BCUT2D eigenvalue weighted by molar-refractivity contribution is 0.432. The number of fused-ring (bicyclic) bond motifs is 1. The van der Waals surface area contributed by atoms with E-state index in [0.29, 0.717) is 12.1 Å². The molecule has 1 fully saturated rings. The van der Waals surface area contributed by atoms with Gasteiger partial charge in [-0.05, 0) is 60.7 Å². The number of nitrogens with zero attached hydrogens (tertiary/aromatic N) is 4. The molecule has 0 bridgehead atoms. The van der Waals surface area contributed by atoms with Crippen molar-refractivity contribution in [2.24, 2.45) is 0 Å². The molecule has 2 aromatic heterocycles. The summed E-state index contributed by atoms with van der Waals surface area (Å²) in [4.78, 5) is 7.30. The minimum Gasteiger partial charge on any atom is -0.364 e. The first-order valence-electron chi connectivity index (χ1n) is 11.8. The van der Waals surface area contributed by atoms with E-state index in [2.05, 4.69) is 85.6 Å². The fourth-order valence-corrected chi connectivity index (χ4v) is 5.15. The second kappa shape index (κ2) is 8.92. The highest BCUT2D eigenvalue weighted by atomic mass is 15.2. The molecule has 1 aliphatic heterocycles. The van der Waals surface area contributed by atoms with Gasteiger partial charge in [0.05, 0.1) is 6.20 Å². The van der Waals surface area contributed by atoms with Crippen molar-refractivity contribution in [1.82, 2.24) is 19.9 Å². The summed E-state index contributed by atoms with van der Waals surface area (Å²) in [5.41, 5.74) is 9.63. The normalized spacial score (nSPS) is 18.3. The smallest absolute Gasteiger partial charge is 0.162 e. The predicted octanol–water partition coefficient (Wildman–Crippen LogP) is 5.84. The predicted molar refractivity (Wildman–Crippen MR) is 143 cm³/mol. The summed E-state index contributed by atoms with van der Waals surface area (Å²) in [6, 6.07) is 13.9. The Bertz CT molecular complexity index is 1360. The van der Waals surface area contributed by atoms with E-state index in [1.807, 2.05) is 35.3 Å². The number of rotatable bonds is 5. The van der Waals surface area contributed by atoms with E-state index < -0.39 is 0 Å². The van der Waals surface area contributed by atoms with Gasteiger partial charge in [-0.15, -0.1) is 0 Å². The van der Waals surface area contributed by atoms with Crippen LogP contribution in [0.3, 0.4) is 0 Å². The van der Waals surface area contributed by atoms with Crippen LogP contribution in [-0.4, -0.2) is 39.8 Å². The molecule has 5 heteroatoms. The summed E-state index contributed by atoms with van der Waals surface area (Å²) in [5.74, 6) is 0. The third-order valence-electron chi connectivity index (χ3n) is 6.89. The monoisotopic (exact) mass is 449 g/mol. The van der Waals surface area contributed by atoms with Gasteiger partial charge in [0.2, 0.25) is 0 Å². The maximum atomic E-state index is 4.81. The van der Waals surface area contributed by atoms with Crippen LogP contribution in [0.15, 0.2) is 68.1 Å². The van der Waals surface area contributed by atoms with Crippen LogP contribution in [0, 0.1) is 6.92 Å². The maximum absolute atomic E-state index is 4.81. The fraction of sp³-hybridized carbons (Fsp3) is 0.241. The summed E-state index contributed by atoms with van der Waals surface area (Å²) in [6.45, 7) is 16.7. The quantitative estimate of drug-likeness (QED) is 0.415. The number of nitrogens with one attached hydrogen (secondary N) is 1. The second-order valence-corrected chi connectivity index (χ2v) is 9.15. The molecular weight excluding hydrogens is 418 g/mol. The number of hydrogen-bond acceptors (Lipinski definition) is 4. The van der Waals surface area contributed by atoms with Crippen molar-refractivity contribution in [2.75, 3.05) is 18.0 Å². The zero-order chi connectivity index (χ0) is 23.8. The van der Waals surface area contributed by atoms with Crippen LogP contribution >= 0.6 is 0 Å². The topological polar surface area (TPSA) is 45.5 Å². The third kappa shape index (κ3) is 3.72. The number of benzene rings is 2. The summed E-state index contributed by atoms with van der Waals surface area (Å²) in [5, 5.41) is 8.12. The summed E-state index contributed by atoms with van der Waals surface area (Å²) < 4.78 is 1.86. The summed E-state index contributed by atoms with van der Waals surface area (Å²) in [6.07, 6.45) is 9.64. The summed E-state index contributed by atoms with van der Waals surface area (Å²) >= 11 is 0. The van der Waals surface area contributed by atoms with Crippen LogP contribution < -0.4 is 10.2 Å². The van der Waals surface area contributed by atoms with Crippen LogP contribution in [0.25, 0.3) is 40.1 Å². The van der Waals surface area contributed by atoms with Crippen molar-refractivity contribution < 1.29 is 0 Å². The van der Waals surface area contributed by atoms with E-state index in [1.54, 1.807) is 0 Å². The van der Waals surface area contributed by atoms with Gasteiger partial charge < -0.3 is 10.2 Å². The van der Waals surface area contributed by atoms with Crippen molar-refractivity contribution >= 4 is 23.5 Å². The number of aromatic nitrogens is 3. The Kier molecular flexibility index (Phi) is 5.80. The molecule has 0 spiro atoms. The Hall–Kier alpha value is -3.70. The van der Waals surface area contributed by atoms with Gasteiger partial charge in [0.25, 0.3) is 0 Å². The Balaban J connectivity index is 1.49. The lowest BCUT2D eigenvalue weighted by Gasteiger charge is -2.41. The molecular formula is C29H31N5. The first-order chi connectivity index (χ1) is 16.5. The molecule has 5 rings (SSSR count). The van der Waals surface area contributed by atoms with Gasteiger partial charge in [-0.1, -0.05) is 49.6 Å². The van der Waals surface area contributed by atoms with Gasteiger partial charge in [-0.2, -0.15) is 5.10 Å². The minimum absolute atomic E-state index is 0.471. The van der Waals surface area contributed by atoms with Crippen LogP contribution in [0.1, 0.15) is 30.5 Å². The molecule has 2 unspecified atom stereocenters. The van der Waals surface area contributed by atoms with Crippen LogP contribution in [0.4, 0.5) is 5.69 Å². The molecule has 0 saturated carbocycles. The highest BCUT2D eigenvalue weighted by Gasteiger charge is 2.24. The molecule has 2 aromatic carbocycles. The highest BCUT2D eigenvalue weighted by Crippen LogP contribution is 2.33. The van der Waals surface area contributed by atoms with Gasteiger partial charge in [0, 0.05) is 54.4 Å². The van der Waals surface area contributed by atoms with E-state index in [1.165, 1.54) is 11.3 Å². The standard InChI is InChI=1S/C29H31N5/c1-6-25-19(3)8-13-27(26(25)7-2)28-17-32-33-18-23(16-31-29(28)33)22-9-11-24(12-10-22)34-20(4)14-30-15-21(34)5/h6-13,16-18,20-21,30H,1-2,14-15H2,3-5H3. The molecule has 5 nitrogen and oxygen atoms in total. The van der Waals surface area contributed by atoms with Gasteiger partial charge in [-0.25, -0.2) is 9.50 Å². The molecule has 1 N–H and O–H groups in total. The van der Waals surface area contributed by atoms with Crippen molar-refractivity contribution in [3.05, 3.63) is 84.8 Å². The van der Waals surface area contributed by atoms with E-state index in [0.717, 1.165) is 52.1 Å². The molecule has 0 radical (unpaired) electrons. The molecule has 0 amide bonds. The first-order valence-corrected chi connectivity index (χ1v) is 11.8. The molecule has 4 aromatic rings. The molecule has 0 aliphatic carbocycles. The maximum Gasteiger partial charge on any atom is 0.162 e. The van der Waals surface area contributed by atoms with Crippen molar-refractivity contribution in [1.29, 1.82) is 0 Å². The fourth-order valence-electron chi connectivity index (χ4n) is 5.15. The molecule has 172 valence electrons. The van der Waals surface area contributed by atoms with Gasteiger partial charge >= 0.3 is 0 Å². The van der Waals surface area contributed by atoms with Crippen molar-refractivity contribution in [2.45, 2.75) is 32.9 Å². The molecule has 3 heterocycles. The zero-order valence-electron chi connectivity index (χ0n) is 20.1. The average Bonchev–Trinajstić information content (AvgIpc) is 3.27. The van der Waals surface area contributed by atoms with Crippen LogP contribution in [-0.2, 0) is 0 Å². The van der Waals surface area contributed by atoms with Crippen LogP contribution in [0.5, 0.6) is 0 Å². The second-order valence-electron chi connectivity index (χ2n) is 9.15. The third-order valence-corrected chi connectivity index (χ3v) is 6.89. The molecule has 1 saturated heterocycles. The van der Waals surface area contributed by atoms with Gasteiger partial charge in [-0.3, -0.25) is 0 Å². The van der Waals surface area contributed by atoms with E-state index in [9.17, 15) is 0 Å². The Morgan fingerprint density at radius 2 is 1.59 bits per heavy atom. The number of anilines is 1. The largest absolute Gasteiger partial charge is 0.364 e. The van der Waals surface area contributed by atoms with Crippen LogP contribution in [0.2, 0.25) is 0 Å². The Morgan fingerprint density at radius 1 is 0.882 bits per heavy atom. The lowest BCUT2D eigenvalue weighted by atomic mass is 9.93. The van der Waals surface area contributed by atoms with E-state index in [4.69, 9.17) is 4.98 Å². The number of hydrogen-bond donors (Lipinski definition) is 1. The van der Waals surface area contributed by atoms with Gasteiger partial charge in [0.15, 0.2) is 5.65 Å². The van der Waals surface area contributed by atoms with E-state index >= 15 is 0 Å². The Morgan fingerprint density at radius 3 is 2.26 bits per heavy atom. The highest BCUT2D eigenvalue weighted by molar-refractivity contribution is 5.87. The van der Waals surface area contributed by atoms with Crippen molar-refractivity contribution in [3.63, 3.8) is 0 Å². The SMILES string of the molecule is C=Cc1c(C)ccc(-c2cnn3cc(-c4ccc(N5C(C)CNCC5C)cc4)cnc23)c1C=C. The molecule has 1 aliphatic rings. The Labute approximate surface area is 201 Å². The molecule has 34 heavy (non-hydrogen) atoms. The average molecular weight is 450 g/mol. The van der Waals surface area contributed by atoms with Crippen molar-refractivity contribution in [3.8, 4) is 22.3 Å².